The van der Waals surface area contributed by atoms with Gasteiger partial charge in [0.1, 0.15) is 5.75 Å². The molecule has 0 aliphatic rings. The molecule has 3 heteroatoms. The molecule has 0 bridgehead atoms. The van der Waals surface area contributed by atoms with Crippen molar-refractivity contribution in [2.45, 2.75) is 20.0 Å². The van der Waals surface area contributed by atoms with Crippen LogP contribution in [0.15, 0.2) is 24.3 Å². The van der Waals surface area contributed by atoms with E-state index in [2.05, 4.69) is 0 Å². The lowest BCUT2D eigenvalue weighted by atomic mass is 10.2. The van der Waals surface area contributed by atoms with Gasteiger partial charge in [0, 0.05) is 18.5 Å². The predicted molar refractivity (Wildman–Crippen MR) is 64.1 cm³/mol. The second-order valence-electron chi connectivity index (χ2n) is 4.13. The third-order valence-corrected chi connectivity index (χ3v) is 2.55. The number of aromatic nitrogens is 1. The standard InChI is InChI=1S/C13H15NO2/c1-9(2)16-12-5-4-10-6-11(8-15)14(3)13(10)7-12/h4-9H,1-3H3. The summed E-state index contributed by atoms with van der Waals surface area (Å²) >= 11 is 0. The number of nitrogens with zero attached hydrogens (tertiary/aromatic N) is 1. The van der Waals surface area contributed by atoms with E-state index in [1.807, 2.05) is 49.7 Å². The lowest BCUT2D eigenvalue weighted by molar-refractivity contribution is 0.111. The zero-order valence-electron chi connectivity index (χ0n) is 9.73. The van der Waals surface area contributed by atoms with E-state index in [-0.39, 0.29) is 6.10 Å². The quantitative estimate of drug-likeness (QED) is 0.740. The molecule has 1 aromatic heterocycles. The Morgan fingerprint density at radius 1 is 1.31 bits per heavy atom. The molecule has 0 amide bonds. The summed E-state index contributed by atoms with van der Waals surface area (Å²) in [7, 11) is 1.88. The molecular weight excluding hydrogens is 202 g/mol. The summed E-state index contributed by atoms with van der Waals surface area (Å²) in [4.78, 5) is 10.8. The van der Waals surface area contributed by atoms with Crippen molar-refractivity contribution in [1.82, 2.24) is 4.57 Å². The first kappa shape index (κ1) is 10.7. The number of carbonyl (C=O) groups is 1. The van der Waals surface area contributed by atoms with Crippen LogP contribution in [-0.4, -0.2) is 17.0 Å². The Balaban J connectivity index is 2.52. The van der Waals surface area contributed by atoms with Crippen LogP contribution in [0.5, 0.6) is 5.75 Å². The number of hydrogen-bond acceptors (Lipinski definition) is 2. The smallest absolute Gasteiger partial charge is 0.166 e. The van der Waals surface area contributed by atoms with E-state index in [1.165, 1.54) is 0 Å². The third kappa shape index (κ3) is 1.81. The molecule has 0 saturated heterocycles. The number of hydrogen-bond donors (Lipinski definition) is 0. The Hall–Kier alpha value is -1.77. The predicted octanol–water partition coefficient (Wildman–Crippen LogP) is 2.78. The number of aldehydes is 1. The Kier molecular flexibility index (Phi) is 2.69. The number of rotatable bonds is 3. The van der Waals surface area contributed by atoms with Gasteiger partial charge in [-0.1, -0.05) is 0 Å². The van der Waals surface area contributed by atoms with Crippen molar-refractivity contribution in [3.63, 3.8) is 0 Å². The molecule has 0 unspecified atom stereocenters. The molecule has 2 aromatic rings. The fourth-order valence-electron chi connectivity index (χ4n) is 1.79. The van der Waals surface area contributed by atoms with Gasteiger partial charge < -0.3 is 9.30 Å². The van der Waals surface area contributed by atoms with E-state index in [0.29, 0.717) is 5.69 Å². The van der Waals surface area contributed by atoms with Crippen LogP contribution in [-0.2, 0) is 7.05 Å². The van der Waals surface area contributed by atoms with Crippen LogP contribution in [0.25, 0.3) is 10.9 Å². The van der Waals surface area contributed by atoms with E-state index >= 15 is 0 Å². The molecule has 1 heterocycles. The van der Waals surface area contributed by atoms with Gasteiger partial charge in [0.15, 0.2) is 6.29 Å². The van der Waals surface area contributed by atoms with Crippen molar-refractivity contribution in [1.29, 1.82) is 0 Å². The maximum absolute atomic E-state index is 10.8. The van der Waals surface area contributed by atoms with Crippen molar-refractivity contribution < 1.29 is 9.53 Å². The topological polar surface area (TPSA) is 31.2 Å². The number of aryl methyl sites for hydroxylation is 1. The molecule has 0 fully saturated rings. The van der Waals surface area contributed by atoms with Gasteiger partial charge in [-0.3, -0.25) is 4.79 Å². The zero-order chi connectivity index (χ0) is 11.7. The van der Waals surface area contributed by atoms with E-state index in [4.69, 9.17) is 4.74 Å². The van der Waals surface area contributed by atoms with Crippen molar-refractivity contribution in [2.75, 3.05) is 0 Å². The normalized spacial score (nSPS) is 11.0. The van der Waals surface area contributed by atoms with Crippen molar-refractivity contribution in [3.05, 3.63) is 30.0 Å². The first-order valence-corrected chi connectivity index (χ1v) is 5.33. The molecule has 3 nitrogen and oxygen atoms in total. The number of benzene rings is 1. The highest BCUT2D eigenvalue weighted by molar-refractivity contribution is 5.89. The van der Waals surface area contributed by atoms with Gasteiger partial charge in [-0.15, -0.1) is 0 Å². The van der Waals surface area contributed by atoms with Gasteiger partial charge in [-0.05, 0) is 32.0 Å². The number of ether oxygens (including phenoxy) is 1. The fourth-order valence-corrected chi connectivity index (χ4v) is 1.79. The van der Waals surface area contributed by atoms with Crippen LogP contribution in [0.3, 0.4) is 0 Å². The Morgan fingerprint density at radius 3 is 2.69 bits per heavy atom. The van der Waals surface area contributed by atoms with Crippen LogP contribution in [0.1, 0.15) is 24.3 Å². The molecule has 1 aromatic carbocycles. The summed E-state index contributed by atoms with van der Waals surface area (Å²) in [5.74, 6) is 0.834. The summed E-state index contributed by atoms with van der Waals surface area (Å²) in [6, 6.07) is 7.74. The second kappa shape index (κ2) is 4.00. The van der Waals surface area contributed by atoms with Gasteiger partial charge in [0.05, 0.1) is 17.3 Å². The molecule has 0 atom stereocenters. The highest BCUT2D eigenvalue weighted by atomic mass is 16.5. The first-order chi connectivity index (χ1) is 7.61. The maximum Gasteiger partial charge on any atom is 0.166 e. The average molecular weight is 217 g/mol. The van der Waals surface area contributed by atoms with Crippen LogP contribution in [0.2, 0.25) is 0 Å². The molecule has 0 saturated carbocycles. The van der Waals surface area contributed by atoms with Gasteiger partial charge in [-0.2, -0.15) is 0 Å². The maximum atomic E-state index is 10.8. The lowest BCUT2D eigenvalue weighted by Gasteiger charge is -2.09. The Labute approximate surface area is 94.6 Å². The van der Waals surface area contributed by atoms with Gasteiger partial charge in [-0.25, -0.2) is 0 Å². The minimum absolute atomic E-state index is 0.156. The highest BCUT2D eigenvalue weighted by Crippen LogP contribution is 2.23. The van der Waals surface area contributed by atoms with Crippen molar-refractivity contribution in [3.8, 4) is 5.75 Å². The molecule has 0 N–H and O–H groups in total. The largest absolute Gasteiger partial charge is 0.491 e. The van der Waals surface area contributed by atoms with Crippen molar-refractivity contribution >= 4 is 17.2 Å². The van der Waals surface area contributed by atoms with Crippen molar-refractivity contribution in [2.24, 2.45) is 7.05 Å². The number of carbonyl (C=O) groups excluding carboxylic acids is 1. The summed E-state index contributed by atoms with van der Waals surface area (Å²) < 4.78 is 7.49. The van der Waals surface area contributed by atoms with E-state index < -0.39 is 0 Å². The molecule has 84 valence electrons. The first-order valence-electron chi connectivity index (χ1n) is 5.33. The fraction of sp³-hybridized carbons (Fsp3) is 0.308. The zero-order valence-corrected chi connectivity index (χ0v) is 9.73. The summed E-state index contributed by atoms with van der Waals surface area (Å²) in [5.41, 5.74) is 1.69. The monoisotopic (exact) mass is 217 g/mol. The van der Waals surface area contributed by atoms with Gasteiger partial charge in [0.2, 0.25) is 0 Å². The summed E-state index contributed by atoms with van der Waals surface area (Å²) in [6.07, 6.45) is 1.02. The SMILES string of the molecule is CC(C)Oc1ccc2cc(C=O)n(C)c2c1. The second-order valence-corrected chi connectivity index (χ2v) is 4.13. The molecule has 0 aliphatic carbocycles. The third-order valence-electron chi connectivity index (χ3n) is 2.55. The van der Waals surface area contributed by atoms with Gasteiger partial charge >= 0.3 is 0 Å². The lowest BCUT2D eigenvalue weighted by Crippen LogP contribution is -2.05. The highest BCUT2D eigenvalue weighted by Gasteiger charge is 2.06. The van der Waals surface area contributed by atoms with Crippen LogP contribution in [0.4, 0.5) is 0 Å². The molecule has 16 heavy (non-hydrogen) atoms. The minimum atomic E-state index is 0.156. The summed E-state index contributed by atoms with van der Waals surface area (Å²) in [6.45, 7) is 3.98. The minimum Gasteiger partial charge on any atom is -0.491 e. The van der Waals surface area contributed by atoms with E-state index in [1.54, 1.807) is 0 Å². The molecule has 0 aliphatic heterocycles. The Bertz CT molecular complexity index is 526. The number of fused-ring (bicyclic) bond motifs is 1. The van der Waals surface area contributed by atoms with Crippen LogP contribution < -0.4 is 4.74 Å². The molecular formula is C13H15NO2. The molecule has 0 radical (unpaired) electrons. The van der Waals surface area contributed by atoms with Crippen LogP contribution in [0, 0.1) is 0 Å². The molecule has 2 rings (SSSR count). The average Bonchev–Trinajstić information content (AvgIpc) is 2.55. The van der Waals surface area contributed by atoms with Gasteiger partial charge in [0.25, 0.3) is 0 Å². The molecule has 0 spiro atoms. The summed E-state index contributed by atoms with van der Waals surface area (Å²) in [5, 5.41) is 1.06. The van der Waals surface area contributed by atoms with E-state index in [0.717, 1.165) is 22.9 Å². The Morgan fingerprint density at radius 2 is 2.06 bits per heavy atom. The van der Waals surface area contributed by atoms with Crippen LogP contribution >= 0.6 is 0 Å². The van der Waals surface area contributed by atoms with E-state index in [9.17, 15) is 4.79 Å².